The summed E-state index contributed by atoms with van der Waals surface area (Å²) in [6.45, 7) is -0.538. The number of carbonyl (C=O) groups excluding carboxylic acids is 1. The van der Waals surface area contributed by atoms with E-state index in [-0.39, 0.29) is 19.1 Å². The lowest BCUT2D eigenvalue weighted by atomic mass is 10.2. The number of aliphatic hydroxyl groups is 2. The number of nitrogens with one attached hydrogen (secondary N) is 1. The summed E-state index contributed by atoms with van der Waals surface area (Å²) < 4.78 is 0. The Morgan fingerprint density at radius 1 is 1.21 bits per heavy atom. The lowest BCUT2D eigenvalue weighted by Gasteiger charge is -2.12. The third-order valence-electron chi connectivity index (χ3n) is 1.81. The smallest absolute Gasteiger partial charge is 0.251 e. The second-order valence-corrected chi connectivity index (χ2v) is 2.90. The van der Waals surface area contributed by atoms with E-state index >= 15 is 0 Å². The average molecular weight is 195 g/mol. The van der Waals surface area contributed by atoms with Crippen LogP contribution in [0.3, 0.4) is 0 Å². The summed E-state index contributed by atoms with van der Waals surface area (Å²) in [6.07, 6.45) is 0. The number of carbonyl (C=O) groups is 1. The van der Waals surface area contributed by atoms with Gasteiger partial charge in [0.25, 0.3) is 5.91 Å². The van der Waals surface area contributed by atoms with Crippen LogP contribution >= 0.6 is 0 Å². The molecule has 0 spiro atoms. The molecular weight excluding hydrogens is 182 g/mol. The third-order valence-corrected chi connectivity index (χ3v) is 1.81. The Hall–Kier alpha value is -1.39. The molecule has 0 aliphatic carbocycles. The summed E-state index contributed by atoms with van der Waals surface area (Å²) in [5.74, 6) is -0.293. The van der Waals surface area contributed by atoms with Gasteiger partial charge in [-0.15, -0.1) is 0 Å². The summed E-state index contributed by atoms with van der Waals surface area (Å²) in [4.78, 5) is 11.4. The lowest BCUT2D eigenvalue weighted by Crippen LogP contribution is -2.40. The quantitative estimate of drug-likeness (QED) is 0.621. The van der Waals surface area contributed by atoms with E-state index in [2.05, 4.69) is 5.32 Å². The molecule has 0 saturated heterocycles. The lowest BCUT2D eigenvalue weighted by molar-refractivity contribution is 0.0879. The number of amides is 1. The second kappa shape index (κ2) is 5.36. The minimum absolute atomic E-state index is 0.269. The fraction of sp³-hybridized carbons (Fsp3) is 0.300. The van der Waals surface area contributed by atoms with E-state index in [1.807, 2.05) is 6.07 Å². The van der Waals surface area contributed by atoms with Crippen molar-refractivity contribution in [2.24, 2.45) is 0 Å². The van der Waals surface area contributed by atoms with Crippen LogP contribution in [0, 0.1) is 0 Å². The van der Waals surface area contributed by atoms with Crippen molar-refractivity contribution in [3.63, 3.8) is 0 Å². The first-order valence-electron chi connectivity index (χ1n) is 4.35. The minimum Gasteiger partial charge on any atom is -0.394 e. The summed E-state index contributed by atoms with van der Waals surface area (Å²) in [6, 6.07) is 8.06. The van der Waals surface area contributed by atoms with E-state index in [4.69, 9.17) is 10.2 Å². The number of hydrogen-bond donors (Lipinski definition) is 3. The summed E-state index contributed by atoms with van der Waals surface area (Å²) in [5.41, 5.74) is 0.513. The second-order valence-electron chi connectivity index (χ2n) is 2.90. The molecule has 0 aliphatic rings. The van der Waals surface area contributed by atoms with Gasteiger partial charge in [-0.3, -0.25) is 4.79 Å². The van der Waals surface area contributed by atoms with Crippen molar-refractivity contribution >= 4 is 5.91 Å². The maximum atomic E-state index is 11.4. The molecule has 1 aromatic rings. The maximum absolute atomic E-state index is 11.4. The van der Waals surface area contributed by atoms with Gasteiger partial charge in [0, 0.05) is 5.56 Å². The molecule has 0 fully saturated rings. The number of hydrogen-bond acceptors (Lipinski definition) is 3. The minimum atomic E-state index is -0.595. The molecule has 0 unspecified atom stereocenters. The zero-order valence-electron chi connectivity index (χ0n) is 7.68. The van der Waals surface area contributed by atoms with Crippen LogP contribution in [0.25, 0.3) is 0 Å². The van der Waals surface area contributed by atoms with Gasteiger partial charge in [-0.1, -0.05) is 18.2 Å². The predicted molar refractivity (Wildman–Crippen MR) is 51.9 cm³/mol. The van der Waals surface area contributed by atoms with Gasteiger partial charge in [-0.05, 0) is 12.1 Å². The summed E-state index contributed by atoms with van der Waals surface area (Å²) in [7, 11) is 0. The first-order valence-corrected chi connectivity index (χ1v) is 4.35. The largest absolute Gasteiger partial charge is 0.394 e. The highest BCUT2D eigenvalue weighted by Crippen LogP contribution is 1.98. The van der Waals surface area contributed by atoms with Crippen molar-refractivity contribution in [1.82, 2.24) is 5.32 Å². The molecule has 0 heterocycles. The molecule has 0 aromatic heterocycles. The van der Waals surface area contributed by atoms with Crippen molar-refractivity contribution in [2.75, 3.05) is 13.2 Å². The topological polar surface area (TPSA) is 69.6 Å². The molecule has 3 N–H and O–H groups in total. The average Bonchev–Trinajstić information content (AvgIpc) is 2.26. The summed E-state index contributed by atoms with van der Waals surface area (Å²) in [5, 5.41) is 20.0. The summed E-state index contributed by atoms with van der Waals surface area (Å²) >= 11 is 0. The van der Waals surface area contributed by atoms with Crippen LogP contribution in [-0.4, -0.2) is 35.4 Å². The van der Waals surface area contributed by atoms with Crippen LogP contribution in [0.15, 0.2) is 30.3 Å². The van der Waals surface area contributed by atoms with Gasteiger partial charge in [0.2, 0.25) is 0 Å². The van der Waals surface area contributed by atoms with Crippen LogP contribution in [-0.2, 0) is 0 Å². The molecule has 1 amide bonds. The van der Waals surface area contributed by atoms with Crippen LogP contribution < -0.4 is 5.32 Å². The van der Waals surface area contributed by atoms with E-state index in [0.29, 0.717) is 5.56 Å². The molecule has 14 heavy (non-hydrogen) atoms. The highest BCUT2D eigenvalue weighted by atomic mass is 16.3. The van der Waals surface area contributed by atoms with Gasteiger partial charge in [-0.25, -0.2) is 0 Å². The van der Waals surface area contributed by atoms with Gasteiger partial charge in [-0.2, -0.15) is 0 Å². The molecular formula is C10H13NO3. The normalized spacial score (nSPS) is 10.2. The zero-order valence-corrected chi connectivity index (χ0v) is 7.68. The molecule has 0 atom stereocenters. The molecule has 0 aliphatic heterocycles. The van der Waals surface area contributed by atoms with Crippen molar-refractivity contribution < 1.29 is 15.0 Å². The highest BCUT2D eigenvalue weighted by Gasteiger charge is 2.10. The van der Waals surface area contributed by atoms with Gasteiger partial charge < -0.3 is 15.5 Å². The molecule has 1 aromatic carbocycles. The van der Waals surface area contributed by atoms with Crippen LogP contribution in [0.5, 0.6) is 0 Å². The van der Waals surface area contributed by atoms with Gasteiger partial charge in [0.15, 0.2) is 0 Å². The molecule has 76 valence electrons. The highest BCUT2D eigenvalue weighted by molar-refractivity contribution is 5.94. The molecule has 0 bridgehead atoms. The monoisotopic (exact) mass is 195 g/mol. The van der Waals surface area contributed by atoms with E-state index in [1.165, 1.54) is 0 Å². The first-order chi connectivity index (χ1) is 6.77. The van der Waals surface area contributed by atoms with Crippen molar-refractivity contribution in [2.45, 2.75) is 6.04 Å². The van der Waals surface area contributed by atoms with E-state index in [1.54, 1.807) is 24.3 Å². The van der Waals surface area contributed by atoms with E-state index in [9.17, 15) is 4.79 Å². The zero-order chi connectivity index (χ0) is 10.4. The molecule has 4 nitrogen and oxygen atoms in total. The Kier molecular flexibility index (Phi) is 4.10. The fourth-order valence-corrected chi connectivity index (χ4v) is 1.01. The molecule has 0 radical (unpaired) electrons. The van der Waals surface area contributed by atoms with Gasteiger partial charge >= 0.3 is 0 Å². The Morgan fingerprint density at radius 2 is 1.79 bits per heavy atom. The van der Waals surface area contributed by atoms with Crippen molar-refractivity contribution in [3.05, 3.63) is 35.9 Å². The SMILES string of the molecule is O=C(NC(CO)CO)c1ccccc1. The number of aliphatic hydroxyl groups excluding tert-OH is 2. The Labute approximate surface area is 82.2 Å². The molecule has 1 rings (SSSR count). The number of benzene rings is 1. The van der Waals surface area contributed by atoms with Crippen molar-refractivity contribution in [1.29, 1.82) is 0 Å². The Morgan fingerprint density at radius 3 is 2.29 bits per heavy atom. The standard InChI is InChI=1S/C10H13NO3/c12-6-9(7-13)11-10(14)8-4-2-1-3-5-8/h1-5,9,12-13H,6-7H2,(H,11,14). The molecule has 4 heteroatoms. The van der Waals surface area contributed by atoms with E-state index in [0.717, 1.165) is 0 Å². The van der Waals surface area contributed by atoms with Crippen LogP contribution in [0.4, 0.5) is 0 Å². The number of rotatable bonds is 4. The van der Waals surface area contributed by atoms with Crippen LogP contribution in [0.2, 0.25) is 0 Å². The van der Waals surface area contributed by atoms with Crippen LogP contribution in [0.1, 0.15) is 10.4 Å². The Balaban J connectivity index is 2.59. The van der Waals surface area contributed by atoms with Crippen molar-refractivity contribution in [3.8, 4) is 0 Å². The predicted octanol–water partition coefficient (Wildman–Crippen LogP) is -0.230. The van der Waals surface area contributed by atoms with Gasteiger partial charge in [0.05, 0.1) is 19.3 Å². The van der Waals surface area contributed by atoms with Gasteiger partial charge in [0.1, 0.15) is 0 Å². The maximum Gasteiger partial charge on any atom is 0.251 e. The Bertz CT molecular complexity index is 283. The fourth-order valence-electron chi connectivity index (χ4n) is 1.01. The molecule has 0 saturated carbocycles. The third kappa shape index (κ3) is 2.83. The first kappa shape index (κ1) is 10.7. The van der Waals surface area contributed by atoms with E-state index < -0.39 is 6.04 Å².